The van der Waals surface area contributed by atoms with E-state index in [-0.39, 0.29) is 16.9 Å². The van der Waals surface area contributed by atoms with Gasteiger partial charge in [0, 0.05) is 37.0 Å². The minimum Gasteiger partial charge on any atom is -0.507 e. The average molecular weight is 255 g/mol. The van der Waals surface area contributed by atoms with Gasteiger partial charge in [0.15, 0.2) is 0 Å². The summed E-state index contributed by atoms with van der Waals surface area (Å²) in [6, 6.07) is 2.26. The van der Waals surface area contributed by atoms with Crippen molar-refractivity contribution in [3.63, 3.8) is 0 Å². The molecule has 1 aromatic rings. The van der Waals surface area contributed by atoms with Gasteiger partial charge in [0.1, 0.15) is 11.6 Å². The molecule has 1 aromatic carbocycles. The summed E-state index contributed by atoms with van der Waals surface area (Å²) in [5.74, 6) is -0.655. The zero-order valence-corrected chi connectivity index (χ0v) is 10.1. The molecule has 0 spiro atoms. The number of hydrogen-bond acceptors (Lipinski definition) is 5. The second-order valence-corrected chi connectivity index (χ2v) is 3.73. The SMILES string of the molecule is NCCNCCN=Cc1cc(F)cc(CO)c1O. The number of aliphatic imine (C=N–C) groups is 1. The third-order valence-electron chi connectivity index (χ3n) is 2.32. The highest BCUT2D eigenvalue weighted by molar-refractivity contribution is 5.84. The van der Waals surface area contributed by atoms with Crippen LogP contribution < -0.4 is 11.1 Å². The van der Waals surface area contributed by atoms with Gasteiger partial charge in [-0.05, 0) is 12.1 Å². The molecule has 5 nitrogen and oxygen atoms in total. The highest BCUT2D eigenvalue weighted by Crippen LogP contribution is 2.22. The van der Waals surface area contributed by atoms with E-state index < -0.39 is 12.4 Å². The van der Waals surface area contributed by atoms with Gasteiger partial charge in [0.2, 0.25) is 0 Å². The van der Waals surface area contributed by atoms with Crippen molar-refractivity contribution in [2.45, 2.75) is 6.61 Å². The standard InChI is InChI=1S/C12H18FN3O2/c13-11-5-9(12(18)10(6-11)8-17)7-16-4-3-15-2-1-14/h5-7,15,17-18H,1-4,8,14H2. The van der Waals surface area contributed by atoms with Crippen molar-refractivity contribution >= 4 is 6.21 Å². The number of aliphatic hydroxyl groups is 1. The lowest BCUT2D eigenvalue weighted by molar-refractivity contribution is 0.274. The quantitative estimate of drug-likeness (QED) is 0.407. The minimum absolute atomic E-state index is 0.141. The summed E-state index contributed by atoms with van der Waals surface area (Å²) in [5.41, 5.74) is 5.72. The smallest absolute Gasteiger partial charge is 0.130 e. The molecule has 18 heavy (non-hydrogen) atoms. The minimum atomic E-state index is -0.514. The van der Waals surface area contributed by atoms with Crippen molar-refractivity contribution < 1.29 is 14.6 Å². The lowest BCUT2D eigenvalue weighted by atomic mass is 10.1. The highest BCUT2D eigenvalue weighted by atomic mass is 19.1. The number of aromatic hydroxyl groups is 1. The summed E-state index contributed by atoms with van der Waals surface area (Å²) in [6.45, 7) is 2.03. The first-order valence-corrected chi connectivity index (χ1v) is 5.72. The Balaban J connectivity index is 2.61. The Morgan fingerprint density at radius 1 is 1.39 bits per heavy atom. The Morgan fingerprint density at radius 3 is 2.83 bits per heavy atom. The molecule has 1 rings (SSSR count). The van der Waals surface area contributed by atoms with Crippen LogP contribution in [-0.4, -0.2) is 42.6 Å². The third-order valence-corrected chi connectivity index (χ3v) is 2.32. The molecule has 0 unspecified atom stereocenters. The number of benzene rings is 1. The molecule has 0 aliphatic rings. The normalized spacial score (nSPS) is 11.3. The molecule has 100 valence electrons. The number of rotatable bonds is 7. The maximum Gasteiger partial charge on any atom is 0.130 e. The topological polar surface area (TPSA) is 90.9 Å². The van der Waals surface area contributed by atoms with Gasteiger partial charge in [-0.2, -0.15) is 0 Å². The van der Waals surface area contributed by atoms with Crippen LogP contribution in [0.25, 0.3) is 0 Å². The molecule has 0 radical (unpaired) electrons. The molecule has 0 bridgehead atoms. The number of nitrogens with zero attached hydrogens (tertiary/aromatic N) is 1. The molecule has 0 heterocycles. The molecule has 0 atom stereocenters. The van der Waals surface area contributed by atoms with Crippen molar-refractivity contribution in [2.24, 2.45) is 10.7 Å². The predicted octanol–water partition coefficient (Wildman–Crippen LogP) is -0.00920. The number of nitrogens with one attached hydrogen (secondary N) is 1. The Labute approximate surface area is 105 Å². The first kappa shape index (κ1) is 14.6. The van der Waals surface area contributed by atoms with E-state index in [1.54, 1.807) is 0 Å². The fourth-order valence-electron chi connectivity index (χ4n) is 1.43. The van der Waals surface area contributed by atoms with Gasteiger partial charge in [0.25, 0.3) is 0 Å². The molecule has 6 heteroatoms. The number of nitrogens with two attached hydrogens (primary N) is 1. The van der Waals surface area contributed by atoms with E-state index >= 15 is 0 Å². The van der Waals surface area contributed by atoms with Gasteiger partial charge in [-0.15, -0.1) is 0 Å². The molecular weight excluding hydrogens is 237 g/mol. The molecular formula is C12H18FN3O2. The van der Waals surface area contributed by atoms with Crippen LogP contribution in [0.5, 0.6) is 5.75 Å². The van der Waals surface area contributed by atoms with Crippen LogP contribution in [0, 0.1) is 5.82 Å². The molecule has 0 fully saturated rings. The molecule has 0 saturated heterocycles. The number of hydrogen-bond donors (Lipinski definition) is 4. The lowest BCUT2D eigenvalue weighted by Gasteiger charge is -2.05. The van der Waals surface area contributed by atoms with E-state index in [1.807, 2.05) is 0 Å². The summed E-state index contributed by atoms with van der Waals surface area (Å²) in [4.78, 5) is 4.05. The third kappa shape index (κ3) is 4.40. The van der Waals surface area contributed by atoms with Crippen LogP contribution in [0.2, 0.25) is 0 Å². The van der Waals surface area contributed by atoms with E-state index in [2.05, 4.69) is 10.3 Å². The van der Waals surface area contributed by atoms with Gasteiger partial charge < -0.3 is 21.3 Å². The molecule has 5 N–H and O–H groups in total. The second kappa shape index (κ2) is 7.75. The maximum atomic E-state index is 13.2. The summed E-state index contributed by atoms with van der Waals surface area (Å²) in [6.07, 6.45) is 1.39. The summed E-state index contributed by atoms with van der Waals surface area (Å²) < 4.78 is 13.2. The Morgan fingerprint density at radius 2 is 2.17 bits per heavy atom. The van der Waals surface area contributed by atoms with Crippen LogP contribution in [-0.2, 0) is 6.61 Å². The monoisotopic (exact) mass is 255 g/mol. The molecule has 0 aliphatic heterocycles. The fraction of sp³-hybridized carbons (Fsp3) is 0.417. The first-order chi connectivity index (χ1) is 8.69. The van der Waals surface area contributed by atoms with Crippen LogP contribution in [0.3, 0.4) is 0 Å². The summed E-state index contributed by atoms with van der Waals surface area (Å²) in [7, 11) is 0. The summed E-state index contributed by atoms with van der Waals surface area (Å²) >= 11 is 0. The predicted molar refractivity (Wildman–Crippen MR) is 68.4 cm³/mol. The van der Waals surface area contributed by atoms with E-state index in [9.17, 15) is 9.50 Å². The van der Waals surface area contributed by atoms with Crippen LogP contribution in [0.15, 0.2) is 17.1 Å². The number of halogens is 1. The number of phenols is 1. The van der Waals surface area contributed by atoms with Crippen molar-refractivity contribution in [1.82, 2.24) is 5.32 Å². The molecule has 0 aliphatic carbocycles. The first-order valence-electron chi connectivity index (χ1n) is 5.72. The largest absolute Gasteiger partial charge is 0.507 e. The molecule has 0 aromatic heterocycles. The van der Waals surface area contributed by atoms with Crippen molar-refractivity contribution in [2.75, 3.05) is 26.2 Å². The zero-order chi connectivity index (χ0) is 13.4. The lowest BCUT2D eigenvalue weighted by Crippen LogP contribution is -2.24. The van der Waals surface area contributed by atoms with Gasteiger partial charge >= 0.3 is 0 Å². The van der Waals surface area contributed by atoms with Crippen molar-refractivity contribution in [3.05, 3.63) is 29.1 Å². The molecule has 0 amide bonds. The van der Waals surface area contributed by atoms with E-state index in [0.717, 1.165) is 12.6 Å². The van der Waals surface area contributed by atoms with Crippen molar-refractivity contribution in [3.8, 4) is 5.75 Å². The zero-order valence-electron chi connectivity index (χ0n) is 10.1. The maximum absolute atomic E-state index is 13.2. The van der Waals surface area contributed by atoms with Gasteiger partial charge in [-0.25, -0.2) is 4.39 Å². The fourth-order valence-corrected chi connectivity index (χ4v) is 1.43. The Hall–Kier alpha value is -1.50. The second-order valence-electron chi connectivity index (χ2n) is 3.73. The van der Waals surface area contributed by atoms with Crippen molar-refractivity contribution in [1.29, 1.82) is 0 Å². The van der Waals surface area contributed by atoms with Crippen LogP contribution in [0.1, 0.15) is 11.1 Å². The van der Waals surface area contributed by atoms with E-state index in [1.165, 1.54) is 12.3 Å². The summed E-state index contributed by atoms with van der Waals surface area (Å²) in [5, 5.41) is 21.7. The Kier molecular flexibility index (Phi) is 6.27. The Bertz CT molecular complexity index is 411. The average Bonchev–Trinajstić information content (AvgIpc) is 2.37. The van der Waals surface area contributed by atoms with Gasteiger partial charge in [-0.3, -0.25) is 4.99 Å². The van der Waals surface area contributed by atoms with Crippen LogP contribution >= 0.6 is 0 Å². The number of aliphatic hydroxyl groups excluding tert-OH is 1. The molecule has 0 saturated carbocycles. The van der Waals surface area contributed by atoms with E-state index in [4.69, 9.17) is 10.8 Å². The van der Waals surface area contributed by atoms with E-state index in [0.29, 0.717) is 19.6 Å². The van der Waals surface area contributed by atoms with Gasteiger partial charge in [-0.1, -0.05) is 0 Å². The van der Waals surface area contributed by atoms with Gasteiger partial charge in [0.05, 0.1) is 13.2 Å². The highest BCUT2D eigenvalue weighted by Gasteiger charge is 2.07. The van der Waals surface area contributed by atoms with Crippen LogP contribution in [0.4, 0.5) is 4.39 Å².